The van der Waals surface area contributed by atoms with Gasteiger partial charge in [-0.3, -0.25) is 4.90 Å². The molecule has 1 aliphatic carbocycles. The third-order valence-corrected chi connectivity index (χ3v) is 4.36. The molecule has 0 amide bonds. The third-order valence-electron chi connectivity index (χ3n) is 4.36. The number of hydrogen-bond donors (Lipinski definition) is 1. The zero-order chi connectivity index (χ0) is 10.7. The van der Waals surface area contributed by atoms with Crippen LogP contribution in [0.2, 0.25) is 0 Å². The monoisotopic (exact) mass is 210 g/mol. The summed E-state index contributed by atoms with van der Waals surface area (Å²) >= 11 is 0. The molecule has 15 heavy (non-hydrogen) atoms. The van der Waals surface area contributed by atoms with Crippen LogP contribution in [0, 0.1) is 11.8 Å². The molecule has 88 valence electrons. The van der Waals surface area contributed by atoms with E-state index in [-0.39, 0.29) is 0 Å². The molecule has 0 radical (unpaired) electrons. The smallest absolute Gasteiger partial charge is 0.0246 e. The van der Waals surface area contributed by atoms with E-state index in [0.717, 1.165) is 18.4 Å². The van der Waals surface area contributed by atoms with Crippen molar-refractivity contribution in [2.75, 3.05) is 19.6 Å². The van der Waals surface area contributed by atoms with Crippen LogP contribution >= 0.6 is 0 Å². The Hall–Kier alpha value is -0.0800. The molecule has 0 aromatic carbocycles. The van der Waals surface area contributed by atoms with E-state index in [9.17, 15) is 0 Å². The normalized spacial score (nSPS) is 32.0. The Bertz CT molecular complexity index is 182. The lowest BCUT2D eigenvalue weighted by molar-refractivity contribution is 0.144. The molecular weight excluding hydrogens is 184 g/mol. The number of rotatable bonds is 3. The van der Waals surface area contributed by atoms with Gasteiger partial charge in [0.15, 0.2) is 0 Å². The summed E-state index contributed by atoms with van der Waals surface area (Å²) < 4.78 is 0. The summed E-state index contributed by atoms with van der Waals surface area (Å²) in [5.74, 6) is 1.79. The summed E-state index contributed by atoms with van der Waals surface area (Å²) in [6.07, 6.45) is 8.54. The van der Waals surface area contributed by atoms with E-state index >= 15 is 0 Å². The second kappa shape index (κ2) is 5.31. The molecule has 1 aliphatic heterocycles. The highest BCUT2D eigenvalue weighted by Crippen LogP contribution is 2.31. The highest BCUT2D eigenvalue weighted by atomic mass is 15.2. The molecule has 2 atom stereocenters. The van der Waals surface area contributed by atoms with Crippen molar-refractivity contribution in [1.82, 2.24) is 4.90 Å². The molecule has 1 saturated heterocycles. The number of hydrogen-bond acceptors (Lipinski definition) is 2. The van der Waals surface area contributed by atoms with Crippen LogP contribution in [0.25, 0.3) is 0 Å². The Morgan fingerprint density at radius 1 is 1.20 bits per heavy atom. The second-order valence-corrected chi connectivity index (χ2v) is 5.59. The largest absolute Gasteiger partial charge is 0.329 e. The van der Waals surface area contributed by atoms with Gasteiger partial charge in [-0.2, -0.15) is 0 Å². The lowest BCUT2D eigenvalue weighted by Crippen LogP contribution is -2.45. The number of likely N-dealkylation sites (tertiary alicyclic amines) is 1. The Balaban J connectivity index is 1.90. The van der Waals surface area contributed by atoms with Crippen molar-refractivity contribution in [3.8, 4) is 0 Å². The third kappa shape index (κ3) is 2.73. The molecule has 0 spiro atoms. The Labute approximate surface area is 94.2 Å². The van der Waals surface area contributed by atoms with E-state index < -0.39 is 0 Å². The first-order valence-corrected chi connectivity index (χ1v) is 6.75. The molecule has 0 aromatic heterocycles. The van der Waals surface area contributed by atoms with E-state index in [2.05, 4.69) is 11.8 Å². The van der Waals surface area contributed by atoms with Crippen molar-refractivity contribution in [2.24, 2.45) is 17.6 Å². The van der Waals surface area contributed by atoms with Crippen LogP contribution in [-0.4, -0.2) is 30.6 Å². The molecular formula is C13H26N2. The number of nitrogens with zero attached hydrogens (tertiary/aromatic N) is 1. The molecule has 2 N–H and O–H groups in total. The van der Waals surface area contributed by atoms with Crippen LogP contribution in [-0.2, 0) is 0 Å². The summed E-state index contributed by atoms with van der Waals surface area (Å²) in [4.78, 5) is 2.67. The first-order chi connectivity index (χ1) is 7.31. The first-order valence-electron chi connectivity index (χ1n) is 6.75. The minimum atomic E-state index is 0.690. The second-order valence-electron chi connectivity index (χ2n) is 5.59. The number of nitrogens with two attached hydrogens (primary N) is 1. The fourth-order valence-corrected chi connectivity index (χ4v) is 3.43. The van der Waals surface area contributed by atoms with Gasteiger partial charge in [0.1, 0.15) is 0 Å². The topological polar surface area (TPSA) is 29.3 Å². The van der Waals surface area contributed by atoms with Crippen molar-refractivity contribution >= 4 is 0 Å². The molecule has 1 heterocycles. The van der Waals surface area contributed by atoms with E-state index in [1.54, 1.807) is 0 Å². The molecule has 0 aromatic rings. The van der Waals surface area contributed by atoms with E-state index in [0.29, 0.717) is 6.04 Å². The van der Waals surface area contributed by atoms with Gasteiger partial charge in [-0.15, -0.1) is 0 Å². The SMILES string of the molecule is CC1CCN(C(CN)C2CCCCC2)C1. The molecule has 2 rings (SSSR count). The molecule has 1 saturated carbocycles. The Morgan fingerprint density at radius 3 is 2.47 bits per heavy atom. The van der Waals surface area contributed by atoms with Gasteiger partial charge in [0, 0.05) is 19.1 Å². The molecule has 2 nitrogen and oxygen atoms in total. The summed E-state index contributed by atoms with van der Waals surface area (Å²) in [7, 11) is 0. The van der Waals surface area contributed by atoms with Crippen LogP contribution in [0.4, 0.5) is 0 Å². The van der Waals surface area contributed by atoms with Gasteiger partial charge >= 0.3 is 0 Å². The van der Waals surface area contributed by atoms with Crippen LogP contribution in [0.1, 0.15) is 45.4 Å². The minimum absolute atomic E-state index is 0.690. The Kier molecular flexibility index (Phi) is 4.04. The van der Waals surface area contributed by atoms with Gasteiger partial charge < -0.3 is 5.73 Å². The average Bonchev–Trinajstić information content (AvgIpc) is 2.68. The standard InChI is InChI=1S/C13H26N2/c1-11-7-8-15(10-11)13(9-14)12-5-3-2-4-6-12/h11-13H,2-10,14H2,1H3. The van der Waals surface area contributed by atoms with E-state index in [1.165, 1.54) is 51.6 Å². The quantitative estimate of drug-likeness (QED) is 0.774. The summed E-state index contributed by atoms with van der Waals surface area (Å²) in [6, 6.07) is 0.690. The van der Waals surface area contributed by atoms with Crippen molar-refractivity contribution < 1.29 is 0 Å². The predicted octanol–water partition coefficient (Wildman–Crippen LogP) is 2.24. The van der Waals surface area contributed by atoms with Gasteiger partial charge in [0.2, 0.25) is 0 Å². The molecule has 2 aliphatic rings. The van der Waals surface area contributed by atoms with Crippen LogP contribution < -0.4 is 5.73 Å². The maximum atomic E-state index is 5.99. The average molecular weight is 210 g/mol. The minimum Gasteiger partial charge on any atom is -0.329 e. The lowest BCUT2D eigenvalue weighted by Gasteiger charge is -2.36. The lowest BCUT2D eigenvalue weighted by atomic mass is 9.83. The zero-order valence-corrected chi connectivity index (χ0v) is 10.1. The van der Waals surface area contributed by atoms with Crippen molar-refractivity contribution in [3.63, 3.8) is 0 Å². The summed E-state index contributed by atoms with van der Waals surface area (Å²) in [6.45, 7) is 5.82. The highest BCUT2D eigenvalue weighted by Gasteiger charge is 2.31. The van der Waals surface area contributed by atoms with Crippen LogP contribution in [0.3, 0.4) is 0 Å². The van der Waals surface area contributed by atoms with Crippen molar-refractivity contribution in [3.05, 3.63) is 0 Å². The van der Waals surface area contributed by atoms with Gasteiger partial charge in [0.05, 0.1) is 0 Å². The molecule has 2 unspecified atom stereocenters. The fourth-order valence-electron chi connectivity index (χ4n) is 3.43. The zero-order valence-electron chi connectivity index (χ0n) is 10.1. The van der Waals surface area contributed by atoms with Crippen molar-refractivity contribution in [2.45, 2.75) is 51.5 Å². The summed E-state index contributed by atoms with van der Waals surface area (Å²) in [5.41, 5.74) is 5.99. The van der Waals surface area contributed by atoms with Gasteiger partial charge in [-0.25, -0.2) is 0 Å². The van der Waals surface area contributed by atoms with Gasteiger partial charge in [-0.05, 0) is 37.6 Å². The van der Waals surface area contributed by atoms with Crippen molar-refractivity contribution in [1.29, 1.82) is 0 Å². The maximum absolute atomic E-state index is 5.99. The Morgan fingerprint density at radius 2 is 1.93 bits per heavy atom. The van der Waals surface area contributed by atoms with Crippen LogP contribution in [0.5, 0.6) is 0 Å². The van der Waals surface area contributed by atoms with E-state index in [1.807, 2.05) is 0 Å². The molecule has 2 fully saturated rings. The maximum Gasteiger partial charge on any atom is 0.0246 e. The van der Waals surface area contributed by atoms with Crippen LogP contribution in [0.15, 0.2) is 0 Å². The fraction of sp³-hybridized carbons (Fsp3) is 1.00. The molecule has 2 heteroatoms. The summed E-state index contributed by atoms with van der Waals surface area (Å²) in [5, 5.41) is 0. The van der Waals surface area contributed by atoms with E-state index in [4.69, 9.17) is 5.73 Å². The predicted molar refractivity (Wildman–Crippen MR) is 64.8 cm³/mol. The van der Waals surface area contributed by atoms with Gasteiger partial charge in [-0.1, -0.05) is 26.2 Å². The highest BCUT2D eigenvalue weighted by molar-refractivity contribution is 4.86. The van der Waals surface area contributed by atoms with Gasteiger partial charge in [0.25, 0.3) is 0 Å². The first kappa shape index (κ1) is 11.4. The molecule has 0 bridgehead atoms.